The lowest BCUT2D eigenvalue weighted by molar-refractivity contribution is 0.354. The number of nitrogens with two attached hydrogens (primary N) is 1. The smallest absolute Gasteiger partial charge is 0.160 e. The first-order valence-corrected chi connectivity index (χ1v) is 6.33. The number of ether oxygens (including phenoxy) is 2. The Morgan fingerprint density at radius 3 is 2.56 bits per heavy atom. The van der Waals surface area contributed by atoms with Gasteiger partial charge in [0.15, 0.2) is 11.5 Å². The molecule has 0 fully saturated rings. The number of hydrogen-bond acceptors (Lipinski definition) is 4. The second-order valence-electron chi connectivity index (χ2n) is 4.48. The number of nitrogens with one attached hydrogen (secondary N) is 1. The van der Waals surface area contributed by atoms with Crippen molar-refractivity contribution < 1.29 is 9.47 Å². The molecule has 0 aromatic heterocycles. The molecule has 0 amide bonds. The molecule has 102 valence electrons. The lowest BCUT2D eigenvalue weighted by Gasteiger charge is -2.11. The van der Waals surface area contributed by atoms with Crippen molar-refractivity contribution in [2.45, 2.75) is 13.3 Å². The number of methoxy groups -OCH3 is 2. The molecule has 0 spiro atoms. The highest BCUT2D eigenvalue weighted by Crippen LogP contribution is 2.27. The fourth-order valence-electron chi connectivity index (χ4n) is 1.70. The van der Waals surface area contributed by atoms with Crippen LogP contribution in [0.5, 0.6) is 11.5 Å². The molecule has 0 radical (unpaired) electrons. The van der Waals surface area contributed by atoms with E-state index in [0.717, 1.165) is 37.6 Å². The summed E-state index contributed by atoms with van der Waals surface area (Å²) in [7, 11) is 3.30. The molecular weight excluding hydrogens is 228 g/mol. The molecule has 1 rings (SSSR count). The van der Waals surface area contributed by atoms with E-state index in [-0.39, 0.29) is 0 Å². The van der Waals surface area contributed by atoms with Gasteiger partial charge in [-0.1, -0.05) is 13.0 Å². The van der Waals surface area contributed by atoms with Gasteiger partial charge in [-0.3, -0.25) is 0 Å². The summed E-state index contributed by atoms with van der Waals surface area (Å²) in [6.07, 6.45) is 0.970. The van der Waals surface area contributed by atoms with Crippen molar-refractivity contribution in [3.63, 3.8) is 0 Å². The van der Waals surface area contributed by atoms with Gasteiger partial charge < -0.3 is 20.5 Å². The van der Waals surface area contributed by atoms with Crippen molar-refractivity contribution in [1.29, 1.82) is 0 Å². The fraction of sp³-hybridized carbons (Fsp3) is 0.571. The Hall–Kier alpha value is -1.26. The van der Waals surface area contributed by atoms with E-state index in [1.165, 1.54) is 5.56 Å². The van der Waals surface area contributed by atoms with Crippen molar-refractivity contribution >= 4 is 0 Å². The van der Waals surface area contributed by atoms with Gasteiger partial charge in [-0.15, -0.1) is 0 Å². The first-order valence-electron chi connectivity index (χ1n) is 6.33. The summed E-state index contributed by atoms with van der Waals surface area (Å²) in [5, 5.41) is 3.40. The zero-order chi connectivity index (χ0) is 13.4. The van der Waals surface area contributed by atoms with E-state index in [1.807, 2.05) is 12.1 Å². The summed E-state index contributed by atoms with van der Waals surface area (Å²) in [6, 6.07) is 6.03. The highest BCUT2D eigenvalue weighted by atomic mass is 16.5. The predicted molar refractivity (Wildman–Crippen MR) is 74.3 cm³/mol. The molecule has 4 nitrogen and oxygen atoms in total. The van der Waals surface area contributed by atoms with Crippen LogP contribution in [0.4, 0.5) is 0 Å². The Morgan fingerprint density at radius 1 is 1.22 bits per heavy atom. The van der Waals surface area contributed by atoms with Crippen LogP contribution in [0.15, 0.2) is 18.2 Å². The second-order valence-corrected chi connectivity index (χ2v) is 4.48. The number of hydrogen-bond donors (Lipinski definition) is 2. The van der Waals surface area contributed by atoms with E-state index in [4.69, 9.17) is 15.2 Å². The third-order valence-corrected chi connectivity index (χ3v) is 2.93. The van der Waals surface area contributed by atoms with Gasteiger partial charge in [0.1, 0.15) is 0 Å². The van der Waals surface area contributed by atoms with Gasteiger partial charge in [0.05, 0.1) is 14.2 Å². The Bertz CT molecular complexity index is 356. The van der Waals surface area contributed by atoms with Crippen LogP contribution >= 0.6 is 0 Å². The second kappa shape index (κ2) is 7.95. The minimum absolute atomic E-state index is 0.524. The van der Waals surface area contributed by atoms with Crippen molar-refractivity contribution in [3.8, 4) is 11.5 Å². The van der Waals surface area contributed by atoms with E-state index in [9.17, 15) is 0 Å². The number of rotatable bonds is 8. The monoisotopic (exact) mass is 252 g/mol. The van der Waals surface area contributed by atoms with Crippen LogP contribution in [0, 0.1) is 5.92 Å². The molecule has 0 bridgehead atoms. The van der Waals surface area contributed by atoms with Gasteiger partial charge in [-0.25, -0.2) is 0 Å². The standard InChI is InChI=1S/C14H24N2O2/c1-11(9-15)10-16-7-6-12-4-5-13(17-2)14(8-12)18-3/h4-5,8,11,16H,6-7,9-10,15H2,1-3H3. The van der Waals surface area contributed by atoms with E-state index in [2.05, 4.69) is 18.3 Å². The van der Waals surface area contributed by atoms with Crippen LogP contribution in [-0.4, -0.2) is 33.9 Å². The van der Waals surface area contributed by atoms with Gasteiger partial charge in [-0.05, 0) is 49.7 Å². The number of benzene rings is 1. The Balaban J connectivity index is 2.43. The predicted octanol–water partition coefficient (Wildman–Crippen LogP) is 1.43. The summed E-state index contributed by atoms with van der Waals surface area (Å²) >= 11 is 0. The van der Waals surface area contributed by atoms with Crippen molar-refractivity contribution in [2.75, 3.05) is 33.9 Å². The van der Waals surface area contributed by atoms with E-state index >= 15 is 0 Å². The molecule has 0 aliphatic heterocycles. The van der Waals surface area contributed by atoms with E-state index in [0.29, 0.717) is 5.92 Å². The van der Waals surface area contributed by atoms with E-state index in [1.54, 1.807) is 14.2 Å². The third kappa shape index (κ3) is 4.55. The molecule has 0 saturated carbocycles. The van der Waals surface area contributed by atoms with Gasteiger partial charge >= 0.3 is 0 Å². The molecule has 18 heavy (non-hydrogen) atoms. The summed E-state index contributed by atoms with van der Waals surface area (Å²) in [4.78, 5) is 0. The van der Waals surface area contributed by atoms with Crippen LogP contribution < -0.4 is 20.5 Å². The van der Waals surface area contributed by atoms with Crippen LogP contribution in [-0.2, 0) is 6.42 Å². The third-order valence-electron chi connectivity index (χ3n) is 2.93. The summed E-state index contributed by atoms with van der Waals surface area (Å²) < 4.78 is 10.5. The maximum Gasteiger partial charge on any atom is 0.160 e. The van der Waals surface area contributed by atoms with Crippen LogP contribution in [0.2, 0.25) is 0 Å². The molecule has 3 N–H and O–H groups in total. The van der Waals surface area contributed by atoms with Crippen molar-refractivity contribution in [2.24, 2.45) is 11.7 Å². The molecule has 1 atom stereocenters. The average Bonchev–Trinajstić information content (AvgIpc) is 2.42. The Kier molecular flexibility index (Phi) is 6.54. The zero-order valence-electron chi connectivity index (χ0n) is 11.5. The van der Waals surface area contributed by atoms with Gasteiger partial charge in [0.25, 0.3) is 0 Å². The molecule has 1 unspecified atom stereocenters. The van der Waals surface area contributed by atoms with Gasteiger partial charge in [0, 0.05) is 0 Å². The lowest BCUT2D eigenvalue weighted by atomic mass is 10.1. The lowest BCUT2D eigenvalue weighted by Crippen LogP contribution is -2.27. The molecule has 0 heterocycles. The molecule has 0 aliphatic rings. The highest BCUT2D eigenvalue weighted by molar-refractivity contribution is 5.42. The quantitative estimate of drug-likeness (QED) is 0.687. The molecule has 0 aliphatic carbocycles. The largest absolute Gasteiger partial charge is 0.493 e. The summed E-state index contributed by atoms with van der Waals surface area (Å²) in [6.45, 7) is 4.77. The minimum atomic E-state index is 0.524. The first kappa shape index (κ1) is 14.8. The van der Waals surface area contributed by atoms with Crippen LogP contribution in [0.1, 0.15) is 12.5 Å². The minimum Gasteiger partial charge on any atom is -0.493 e. The van der Waals surface area contributed by atoms with Gasteiger partial charge in [0.2, 0.25) is 0 Å². The topological polar surface area (TPSA) is 56.5 Å². The molecule has 4 heteroatoms. The first-order chi connectivity index (χ1) is 8.71. The SMILES string of the molecule is COc1ccc(CCNCC(C)CN)cc1OC. The summed E-state index contributed by atoms with van der Waals surface area (Å²) in [5.74, 6) is 2.08. The highest BCUT2D eigenvalue weighted by Gasteiger charge is 2.04. The van der Waals surface area contributed by atoms with Crippen LogP contribution in [0.25, 0.3) is 0 Å². The molecule has 1 aromatic rings. The van der Waals surface area contributed by atoms with Gasteiger partial charge in [-0.2, -0.15) is 0 Å². The average molecular weight is 252 g/mol. The fourth-order valence-corrected chi connectivity index (χ4v) is 1.70. The van der Waals surface area contributed by atoms with Crippen LogP contribution in [0.3, 0.4) is 0 Å². The molecule has 0 saturated heterocycles. The maximum absolute atomic E-state index is 5.56. The molecular formula is C14H24N2O2. The molecule has 1 aromatic carbocycles. The normalized spacial score (nSPS) is 12.2. The zero-order valence-corrected chi connectivity index (χ0v) is 11.5. The summed E-state index contributed by atoms with van der Waals surface area (Å²) in [5.41, 5.74) is 6.80. The van der Waals surface area contributed by atoms with E-state index < -0.39 is 0 Å². The van der Waals surface area contributed by atoms with Crippen molar-refractivity contribution in [1.82, 2.24) is 5.32 Å². The Labute approximate surface area is 109 Å². The Morgan fingerprint density at radius 2 is 1.94 bits per heavy atom. The van der Waals surface area contributed by atoms with Crippen molar-refractivity contribution in [3.05, 3.63) is 23.8 Å². The maximum atomic E-state index is 5.56.